The maximum atomic E-state index is 12.5. The summed E-state index contributed by atoms with van der Waals surface area (Å²) in [6.45, 7) is 6.80. The molecule has 0 bridgehead atoms. The van der Waals surface area contributed by atoms with Crippen molar-refractivity contribution in [2.75, 3.05) is 12.4 Å². The number of amides is 1. The zero-order chi connectivity index (χ0) is 20.3. The van der Waals surface area contributed by atoms with Gasteiger partial charge in [0.25, 0.3) is 0 Å². The van der Waals surface area contributed by atoms with Gasteiger partial charge in [-0.2, -0.15) is 0 Å². The zero-order valence-corrected chi connectivity index (χ0v) is 17.9. The number of thiophene rings is 1. The van der Waals surface area contributed by atoms with Gasteiger partial charge in [0.15, 0.2) is 0 Å². The lowest BCUT2D eigenvalue weighted by atomic mass is 9.72. The maximum absolute atomic E-state index is 12.5. The summed E-state index contributed by atoms with van der Waals surface area (Å²) in [6.07, 6.45) is 3.93. The highest BCUT2D eigenvalue weighted by molar-refractivity contribution is 7.17. The van der Waals surface area contributed by atoms with Gasteiger partial charge in [-0.05, 0) is 48.1 Å². The molecule has 150 valence electrons. The van der Waals surface area contributed by atoms with E-state index in [0.29, 0.717) is 29.3 Å². The number of methoxy groups -OCH3 is 1. The summed E-state index contributed by atoms with van der Waals surface area (Å²) in [5, 5.41) is 3.63. The Bertz CT molecular complexity index is 849. The fourth-order valence-electron chi connectivity index (χ4n) is 3.82. The van der Waals surface area contributed by atoms with E-state index in [0.717, 1.165) is 30.4 Å². The van der Waals surface area contributed by atoms with Crippen molar-refractivity contribution in [3.05, 3.63) is 51.9 Å². The van der Waals surface area contributed by atoms with Gasteiger partial charge in [0.2, 0.25) is 5.91 Å². The first-order valence-corrected chi connectivity index (χ1v) is 10.7. The van der Waals surface area contributed by atoms with Gasteiger partial charge in [-0.3, -0.25) is 4.79 Å². The predicted octanol–water partition coefficient (Wildman–Crippen LogP) is 5.26. The van der Waals surface area contributed by atoms with Crippen molar-refractivity contribution in [2.24, 2.45) is 11.3 Å². The third kappa shape index (κ3) is 4.64. The number of carbonyl (C=O) groups is 2. The minimum atomic E-state index is -0.356. The highest BCUT2D eigenvalue weighted by Gasteiger charge is 2.34. The average molecular weight is 400 g/mol. The summed E-state index contributed by atoms with van der Waals surface area (Å²) in [7, 11) is 1.40. The average Bonchev–Trinajstić information content (AvgIpc) is 3.02. The summed E-state index contributed by atoms with van der Waals surface area (Å²) in [5.41, 5.74) is 2.98. The van der Waals surface area contributed by atoms with E-state index in [2.05, 4.69) is 26.1 Å². The molecule has 1 atom stereocenters. The summed E-state index contributed by atoms with van der Waals surface area (Å²) in [5.74, 6) is 0.149. The molecular weight excluding hydrogens is 370 g/mol. The van der Waals surface area contributed by atoms with Gasteiger partial charge in [-0.1, -0.05) is 51.1 Å². The largest absolute Gasteiger partial charge is 0.465 e. The second-order valence-electron chi connectivity index (χ2n) is 8.54. The van der Waals surface area contributed by atoms with Gasteiger partial charge in [-0.25, -0.2) is 4.79 Å². The minimum absolute atomic E-state index is 0.0695. The van der Waals surface area contributed by atoms with Crippen molar-refractivity contribution in [3.63, 3.8) is 0 Å². The quantitative estimate of drug-likeness (QED) is 0.698. The number of rotatable bonds is 5. The molecule has 0 saturated carbocycles. The standard InChI is InChI=1S/C23H29NO3S/c1-23(2,3)16-11-12-17-18(14-16)28-21(20(17)22(26)27-4)24-19(25)13-10-15-8-6-5-7-9-15/h5-9,16H,10-14H2,1-4H3,(H,24,25). The van der Waals surface area contributed by atoms with Crippen molar-refractivity contribution in [1.82, 2.24) is 0 Å². The Balaban J connectivity index is 1.77. The van der Waals surface area contributed by atoms with Crippen molar-refractivity contribution >= 4 is 28.2 Å². The van der Waals surface area contributed by atoms with Crippen molar-refractivity contribution in [1.29, 1.82) is 0 Å². The molecule has 0 spiro atoms. The molecule has 1 aromatic carbocycles. The number of hydrogen-bond acceptors (Lipinski definition) is 4. The number of ether oxygens (including phenoxy) is 1. The number of benzene rings is 1. The van der Waals surface area contributed by atoms with Crippen LogP contribution in [0.4, 0.5) is 5.00 Å². The topological polar surface area (TPSA) is 55.4 Å². The van der Waals surface area contributed by atoms with Gasteiger partial charge in [-0.15, -0.1) is 11.3 Å². The van der Waals surface area contributed by atoms with E-state index >= 15 is 0 Å². The highest BCUT2D eigenvalue weighted by atomic mass is 32.1. The molecule has 1 aliphatic rings. The van der Waals surface area contributed by atoms with E-state index in [9.17, 15) is 9.59 Å². The highest BCUT2D eigenvalue weighted by Crippen LogP contribution is 2.44. The number of nitrogens with one attached hydrogen (secondary N) is 1. The van der Waals surface area contributed by atoms with Gasteiger partial charge in [0, 0.05) is 11.3 Å². The predicted molar refractivity (Wildman–Crippen MR) is 114 cm³/mol. The van der Waals surface area contributed by atoms with Crippen LogP contribution in [-0.2, 0) is 28.8 Å². The number of fused-ring (bicyclic) bond motifs is 1. The molecule has 5 heteroatoms. The fraction of sp³-hybridized carbons (Fsp3) is 0.478. The third-order valence-electron chi connectivity index (χ3n) is 5.62. The number of esters is 1. The Morgan fingerprint density at radius 1 is 1.21 bits per heavy atom. The lowest BCUT2D eigenvalue weighted by Gasteiger charge is -2.33. The van der Waals surface area contributed by atoms with Crippen molar-refractivity contribution in [3.8, 4) is 0 Å². The number of carbonyl (C=O) groups excluding carboxylic acids is 2. The second-order valence-corrected chi connectivity index (χ2v) is 9.64. The normalized spacial score (nSPS) is 16.4. The summed E-state index contributed by atoms with van der Waals surface area (Å²) in [4.78, 5) is 26.2. The first kappa shape index (κ1) is 20.6. The SMILES string of the molecule is COC(=O)c1c(NC(=O)CCc2ccccc2)sc2c1CCC(C(C)(C)C)C2. The van der Waals surface area contributed by atoms with Crippen LogP contribution in [-0.4, -0.2) is 19.0 Å². The van der Waals surface area contributed by atoms with E-state index in [4.69, 9.17) is 4.74 Å². The summed E-state index contributed by atoms with van der Waals surface area (Å²) < 4.78 is 5.02. The fourth-order valence-corrected chi connectivity index (χ4v) is 5.15. The summed E-state index contributed by atoms with van der Waals surface area (Å²) in [6, 6.07) is 9.95. The molecule has 1 unspecified atom stereocenters. The Labute approximate surface area is 171 Å². The number of hydrogen-bond donors (Lipinski definition) is 1. The Morgan fingerprint density at radius 3 is 2.57 bits per heavy atom. The lowest BCUT2D eigenvalue weighted by Crippen LogP contribution is -2.26. The van der Waals surface area contributed by atoms with Crippen LogP contribution >= 0.6 is 11.3 Å². The van der Waals surface area contributed by atoms with E-state index in [-0.39, 0.29) is 17.3 Å². The van der Waals surface area contributed by atoms with Crippen molar-refractivity contribution < 1.29 is 14.3 Å². The molecule has 0 aliphatic heterocycles. The first-order chi connectivity index (χ1) is 13.3. The Morgan fingerprint density at radius 2 is 1.93 bits per heavy atom. The minimum Gasteiger partial charge on any atom is -0.465 e. The van der Waals surface area contributed by atoms with Gasteiger partial charge < -0.3 is 10.1 Å². The van der Waals surface area contributed by atoms with Crippen LogP contribution in [0.2, 0.25) is 0 Å². The molecule has 1 heterocycles. The Hall–Kier alpha value is -2.14. The molecule has 28 heavy (non-hydrogen) atoms. The van der Waals surface area contributed by atoms with Gasteiger partial charge in [0.05, 0.1) is 12.7 Å². The monoisotopic (exact) mass is 399 g/mol. The molecule has 3 rings (SSSR count). The number of aryl methyl sites for hydroxylation is 1. The van der Waals surface area contributed by atoms with Crippen molar-refractivity contribution in [2.45, 2.75) is 52.9 Å². The lowest BCUT2D eigenvalue weighted by molar-refractivity contribution is -0.116. The summed E-state index contributed by atoms with van der Waals surface area (Å²) >= 11 is 1.54. The smallest absolute Gasteiger partial charge is 0.341 e. The van der Waals surface area contributed by atoms with E-state index in [1.165, 1.54) is 12.0 Å². The van der Waals surface area contributed by atoms with E-state index in [1.54, 1.807) is 11.3 Å². The molecule has 0 radical (unpaired) electrons. The van der Waals surface area contributed by atoms with Crippen LogP contribution in [0, 0.1) is 11.3 Å². The Kier molecular flexibility index (Phi) is 6.23. The van der Waals surface area contributed by atoms with Crippen LogP contribution in [0.15, 0.2) is 30.3 Å². The third-order valence-corrected chi connectivity index (χ3v) is 6.79. The zero-order valence-electron chi connectivity index (χ0n) is 17.1. The van der Waals surface area contributed by atoms with Crippen LogP contribution in [0.3, 0.4) is 0 Å². The molecule has 1 aromatic heterocycles. The van der Waals surface area contributed by atoms with E-state index < -0.39 is 0 Å². The molecule has 1 aliphatic carbocycles. The molecule has 0 saturated heterocycles. The van der Waals surface area contributed by atoms with Gasteiger partial charge in [0.1, 0.15) is 5.00 Å². The van der Waals surface area contributed by atoms with E-state index in [1.807, 2.05) is 30.3 Å². The van der Waals surface area contributed by atoms with Crippen LogP contribution < -0.4 is 5.32 Å². The molecular formula is C23H29NO3S. The molecule has 1 N–H and O–H groups in total. The van der Waals surface area contributed by atoms with Gasteiger partial charge >= 0.3 is 5.97 Å². The van der Waals surface area contributed by atoms with Crippen LogP contribution in [0.5, 0.6) is 0 Å². The molecule has 2 aromatic rings. The molecule has 1 amide bonds. The molecule has 4 nitrogen and oxygen atoms in total. The maximum Gasteiger partial charge on any atom is 0.341 e. The number of anilines is 1. The second kappa shape index (κ2) is 8.48. The van der Waals surface area contributed by atoms with Crippen LogP contribution in [0.1, 0.15) is 60.0 Å². The van der Waals surface area contributed by atoms with Crippen LogP contribution in [0.25, 0.3) is 0 Å². The first-order valence-electron chi connectivity index (χ1n) is 9.86. The molecule has 0 fully saturated rings.